The lowest BCUT2D eigenvalue weighted by atomic mass is 10.1. The van der Waals surface area contributed by atoms with Crippen LogP contribution in [0.15, 0.2) is 22.7 Å². The number of carbonyl (C=O) groups is 2. The number of carbonyl (C=O) groups excluding carboxylic acids is 1. The third-order valence-corrected chi connectivity index (χ3v) is 3.55. The number of halogens is 2. The van der Waals surface area contributed by atoms with Crippen LogP contribution in [0.2, 0.25) is 5.02 Å². The SMILES string of the molecule is CCCC[C@H](NC(=O)Nc1cc(Cl)ccc1Br)C(=O)O. The molecule has 7 heteroatoms. The Bertz CT molecular complexity index is 497. The molecule has 0 aliphatic carbocycles. The number of carboxylic acid groups (broad SMARTS) is 1. The van der Waals surface area contributed by atoms with E-state index in [9.17, 15) is 9.59 Å². The predicted octanol–water partition coefficient (Wildman–Crippen LogP) is 3.87. The van der Waals surface area contributed by atoms with Crippen molar-refractivity contribution in [2.45, 2.75) is 32.2 Å². The standard InChI is InChI=1S/C13H16BrClN2O3/c1-2-3-4-10(12(18)19)16-13(20)17-11-7-8(15)5-6-9(11)14/h5-7,10H,2-4H2,1H3,(H,18,19)(H2,16,17,20)/t10-/m0/s1. The maximum atomic E-state index is 11.8. The molecule has 0 spiro atoms. The van der Waals surface area contributed by atoms with E-state index >= 15 is 0 Å². The van der Waals surface area contributed by atoms with Gasteiger partial charge in [0.05, 0.1) is 5.69 Å². The van der Waals surface area contributed by atoms with Gasteiger partial charge in [-0.15, -0.1) is 0 Å². The number of benzene rings is 1. The van der Waals surface area contributed by atoms with Crippen molar-refractivity contribution in [1.29, 1.82) is 0 Å². The number of amides is 2. The minimum absolute atomic E-state index is 0.399. The summed E-state index contributed by atoms with van der Waals surface area (Å²) in [6.45, 7) is 1.96. The lowest BCUT2D eigenvalue weighted by Crippen LogP contribution is -2.43. The molecule has 0 unspecified atom stereocenters. The molecule has 0 radical (unpaired) electrons. The molecule has 0 bridgehead atoms. The van der Waals surface area contributed by atoms with Gasteiger partial charge in [-0.3, -0.25) is 0 Å². The van der Waals surface area contributed by atoms with E-state index in [1.165, 1.54) is 0 Å². The Kier molecular flexibility index (Phi) is 6.81. The molecule has 0 aliphatic rings. The van der Waals surface area contributed by atoms with Gasteiger partial charge in [0.2, 0.25) is 0 Å². The molecule has 3 N–H and O–H groups in total. The average Bonchev–Trinajstić information content (AvgIpc) is 2.38. The smallest absolute Gasteiger partial charge is 0.326 e. The molecule has 20 heavy (non-hydrogen) atoms. The van der Waals surface area contributed by atoms with Crippen molar-refractivity contribution in [2.75, 3.05) is 5.32 Å². The van der Waals surface area contributed by atoms with Gasteiger partial charge in [0.25, 0.3) is 0 Å². The molecule has 0 saturated carbocycles. The summed E-state index contributed by atoms with van der Waals surface area (Å²) in [5, 5.41) is 14.5. The lowest BCUT2D eigenvalue weighted by Gasteiger charge is -2.15. The summed E-state index contributed by atoms with van der Waals surface area (Å²) in [4.78, 5) is 22.8. The van der Waals surface area contributed by atoms with Crippen molar-refractivity contribution < 1.29 is 14.7 Å². The fourth-order valence-electron chi connectivity index (χ4n) is 1.58. The molecule has 0 heterocycles. The molecular formula is C13H16BrClN2O3. The van der Waals surface area contributed by atoms with Crippen LogP contribution in [-0.4, -0.2) is 23.1 Å². The molecule has 1 aromatic rings. The molecule has 2 amide bonds. The molecule has 110 valence electrons. The summed E-state index contributed by atoms with van der Waals surface area (Å²) < 4.78 is 0.664. The van der Waals surface area contributed by atoms with E-state index in [0.29, 0.717) is 21.6 Å². The van der Waals surface area contributed by atoms with Crippen molar-refractivity contribution in [1.82, 2.24) is 5.32 Å². The number of rotatable bonds is 6. The van der Waals surface area contributed by atoms with E-state index in [1.807, 2.05) is 6.92 Å². The molecular weight excluding hydrogens is 348 g/mol. The second kappa shape index (κ2) is 8.11. The van der Waals surface area contributed by atoms with Crippen LogP contribution in [0.25, 0.3) is 0 Å². The first-order valence-electron chi connectivity index (χ1n) is 6.19. The quantitative estimate of drug-likeness (QED) is 0.718. The van der Waals surface area contributed by atoms with Crippen LogP contribution in [0, 0.1) is 0 Å². The second-order valence-corrected chi connectivity index (χ2v) is 5.55. The first-order chi connectivity index (χ1) is 9.43. The first-order valence-corrected chi connectivity index (χ1v) is 7.36. The van der Waals surface area contributed by atoms with Gasteiger partial charge in [0.15, 0.2) is 0 Å². The number of unbranched alkanes of at least 4 members (excludes halogenated alkanes) is 1. The van der Waals surface area contributed by atoms with Gasteiger partial charge in [-0.2, -0.15) is 0 Å². The molecule has 1 aromatic carbocycles. The Hall–Kier alpha value is -1.27. The molecule has 0 aromatic heterocycles. The van der Waals surface area contributed by atoms with Crippen LogP contribution in [0.3, 0.4) is 0 Å². The fourth-order valence-corrected chi connectivity index (χ4v) is 2.09. The van der Waals surface area contributed by atoms with E-state index in [0.717, 1.165) is 12.8 Å². The van der Waals surface area contributed by atoms with Gasteiger partial charge in [-0.05, 0) is 40.5 Å². The predicted molar refractivity (Wildman–Crippen MR) is 82.3 cm³/mol. The molecule has 1 rings (SSSR count). The number of nitrogens with one attached hydrogen (secondary N) is 2. The highest BCUT2D eigenvalue weighted by atomic mass is 79.9. The van der Waals surface area contributed by atoms with Gasteiger partial charge in [-0.25, -0.2) is 9.59 Å². The molecule has 1 atom stereocenters. The summed E-state index contributed by atoms with van der Waals surface area (Å²) in [5.74, 6) is -1.04. The summed E-state index contributed by atoms with van der Waals surface area (Å²) in [6.07, 6.45) is 2.00. The van der Waals surface area contributed by atoms with Gasteiger partial charge < -0.3 is 15.7 Å². The highest BCUT2D eigenvalue weighted by Gasteiger charge is 2.19. The largest absolute Gasteiger partial charge is 0.480 e. The van der Waals surface area contributed by atoms with Crippen molar-refractivity contribution in [3.05, 3.63) is 27.7 Å². The van der Waals surface area contributed by atoms with Crippen molar-refractivity contribution in [3.8, 4) is 0 Å². The van der Waals surface area contributed by atoms with E-state index < -0.39 is 18.0 Å². The van der Waals surface area contributed by atoms with Crippen LogP contribution >= 0.6 is 27.5 Å². The van der Waals surface area contributed by atoms with Crippen molar-refractivity contribution in [3.63, 3.8) is 0 Å². The number of hydrogen-bond donors (Lipinski definition) is 3. The summed E-state index contributed by atoms with van der Waals surface area (Å²) >= 11 is 9.12. The second-order valence-electron chi connectivity index (χ2n) is 4.26. The topological polar surface area (TPSA) is 78.4 Å². The van der Waals surface area contributed by atoms with Gasteiger partial charge in [0.1, 0.15) is 6.04 Å². The Morgan fingerprint density at radius 3 is 2.75 bits per heavy atom. The van der Waals surface area contributed by atoms with Crippen LogP contribution in [-0.2, 0) is 4.79 Å². The normalized spacial score (nSPS) is 11.8. The zero-order valence-corrected chi connectivity index (χ0v) is 13.3. The molecule has 0 fully saturated rings. The fraction of sp³-hybridized carbons (Fsp3) is 0.385. The van der Waals surface area contributed by atoms with Crippen LogP contribution in [0.1, 0.15) is 26.2 Å². The first kappa shape index (κ1) is 16.8. The van der Waals surface area contributed by atoms with Crippen LogP contribution in [0.5, 0.6) is 0 Å². The average molecular weight is 364 g/mol. The minimum Gasteiger partial charge on any atom is -0.480 e. The monoisotopic (exact) mass is 362 g/mol. The maximum Gasteiger partial charge on any atom is 0.326 e. The van der Waals surface area contributed by atoms with E-state index in [1.54, 1.807) is 18.2 Å². The van der Waals surface area contributed by atoms with Gasteiger partial charge >= 0.3 is 12.0 Å². The van der Waals surface area contributed by atoms with Crippen LogP contribution < -0.4 is 10.6 Å². The summed E-state index contributed by atoms with van der Waals surface area (Å²) in [6, 6.07) is 3.48. The van der Waals surface area contributed by atoms with Gasteiger partial charge in [-0.1, -0.05) is 31.4 Å². The number of carboxylic acids is 1. The Labute approximate surface area is 130 Å². The molecule has 0 aliphatic heterocycles. The highest BCUT2D eigenvalue weighted by molar-refractivity contribution is 9.10. The third kappa shape index (κ3) is 5.38. The van der Waals surface area contributed by atoms with Crippen molar-refractivity contribution in [2.24, 2.45) is 0 Å². The third-order valence-electron chi connectivity index (χ3n) is 2.63. The zero-order valence-electron chi connectivity index (χ0n) is 11.0. The van der Waals surface area contributed by atoms with Crippen molar-refractivity contribution >= 4 is 45.2 Å². The Balaban J connectivity index is 2.65. The van der Waals surface area contributed by atoms with E-state index in [2.05, 4.69) is 26.6 Å². The number of urea groups is 1. The number of hydrogen-bond acceptors (Lipinski definition) is 2. The zero-order chi connectivity index (χ0) is 15.1. The molecule has 5 nitrogen and oxygen atoms in total. The maximum absolute atomic E-state index is 11.8. The number of aliphatic carboxylic acids is 1. The van der Waals surface area contributed by atoms with Crippen LogP contribution in [0.4, 0.5) is 10.5 Å². The number of anilines is 1. The summed E-state index contributed by atoms with van der Waals surface area (Å²) in [5.41, 5.74) is 0.481. The Morgan fingerprint density at radius 1 is 1.45 bits per heavy atom. The lowest BCUT2D eigenvalue weighted by molar-refractivity contribution is -0.139. The van der Waals surface area contributed by atoms with E-state index in [-0.39, 0.29) is 0 Å². The molecule has 0 saturated heterocycles. The minimum atomic E-state index is -1.04. The van der Waals surface area contributed by atoms with E-state index in [4.69, 9.17) is 16.7 Å². The highest BCUT2D eigenvalue weighted by Crippen LogP contribution is 2.25. The Morgan fingerprint density at radius 2 is 2.15 bits per heavy atom. The van der Waals surface area contributed by atoms with Gasteiger partial charge in [0, 0.05) is 9.50 Å². The summed E-state index contributed by atoms with van der Waals surface area (Å²) in [7, 11) is 0.